The van der Waals surface area contributed by atoms with Gasteiger partial charge in [0.25, 0.3) is 5.91 Å². The van der Waals surface area contributed by atoms with Gasteiger partial charge in [-0.2, -0.15) is 0 Å². The predicted octanol–water partition coefficient (Wildman–Crippen LogP) is 7.30. The van der Waals surface area contributed by atoms with Gasteiger partial charge in [0.05, 0.1) is 17.8 Å². The molecule has 2 amide bonds. The normalized spacial score (nSPS) is 13.9. The summed E-state index contributed by atoms with van der Waals surface area (Å²) in [5.41, 5.74) is 7.97. The first kappa shape index (κ1) is 27.7. The van der Waals surface area contributed by atoms with E-state index in [2.05, 4.69) is 60.3 Å². The topological polar surface area (TPSA) is 76.0 Å². The summed E-state index contributed by atoms with van der Waals surface area (Å²) in [7, 11) is 0. The molecule has 6 nitrogen and oxygen atoms in total. The first-order valence-electron chi connectivity index (χ1n) is 12.7. The van der Waals surface area contributed by atoms with Crippen LogP contribution in [0.5, 0.6) is 0 Å². The number of nitrogens with one attached hydrogen (secondary N) is 2. The molecular weight excluding hydrogens is 512 g/mol. The summed E-state index contributed by atoms with van der Waals surface area (Å²) in [5.74, 6) is -0.0261. The van der Waals surface area contributed by atoms with Crippen LogP contribution in [-0.2, 0) is 4.79 Å². The van der Waals surface area contributed by atoms with Gasteiger partial charge < -0.3 is 10.6 Å². The molecule has 38 heavy (non-hydrogen) atoms. The summed E-state index contributed by atoms with van der Waals surface area (Å²) < 4.78 is 2.04. The zero-order chi connectivity index (χ0) is 27.2. The largest absolute Gasteiger partial charge is 0.343 e. The molecule has 0 aliphatic heterocycles. The molecule has 0 bridgehead atoms. The highest BCUT2D eigenvalue weighted by Crippen LogP contribution is 2.41. The minimum absolute atomic E-state index is 0.120. The molecule has 0 saturated heterocycles. The van der Waals surface area contributed by atoms with Gasteiger partial charge in [-0.05, 0) is 68.3 Å². The maximum absolute atomic E-state index is 12.6. The number of anilines is 1. The summed E-state index contributed by atoms with van der Waals surface area (Å²) in [6, 6.07) is 10.1. The maximum Gasteiger partial charge on any atom is 0.253 e. The first-order valence-corrected chi connectivity index (χ1v) is 14.8. The molecule has 198 valence electrons. The summed E-state index contributed by atoms with van der Waals surface area (Å²) >= 11 is 2.94. The third kappa shape index (κ3) is 7.14. The fourth-order valence-electron chi connectivity index (χ4n) is 4.01. The highest BCUT2D eigenvalue weighted by atomic mass is 32.2. The Morgan fingerprint density at radius 1 is 1.21 bits per heavy atom. The molecule has 0 atom stereocenters. The molecule has 1 aliphatic rings. The SMILES string of the molecule is C=C(C)/C=C(\C=C(\C)CC)c1cccc(-c2csc(NC(=O)CNC(=O)c3cc(C4CC4)n(SC)c3)n2)c1. The van der Waals surface area contributed by atoms with Gasteiger partial charge in [0.15, 0.2) is 5.13 Å². The van der Waals surface area contributed by atoms with Gasteiger partial charge in [0.2, 0.25) is 5.91 Å². The second-order valence-corrected chi connectivity index (χ2v) is 11.2. The Morgan fingerprint density at radius 2 is 2.00 bits per heavy atom. The Kier molecular flexibility index (Phi) is 9.07. The molecule has 4 rings (SSSR count). The van der Waals surface area contributed by atoms with Crippen molar-refractivity contribution in [2.45, 2.75) is 46.0 Å². The minimum Gasteiger partial charge on any atom is -0.343 e. The van der Waals surface area contributed by atoms with Gasteiger partial charge in [-0.25, -0.2) is 4.98 Å². The summed E-state index contributed by atoms with van der Waals surface area (Å²) in [5, 5.41) is 7.94. The Morgan fingerprint density at radius 3 is 2.68 bits per heavy atom. The number of carbonyl (C=O) groups excluding carboxylic acids is 2. The minimum atomic E-state index is -0.313. The van der Waals surface area contributed by atoms with Crippen molar-refractivity contribution in [3.8, 4) is 11.3 Å². The highest BCUT2D eigenvalue weighted by Gasteiger charge is 2.28. The molecule has 1 saturated carbocycles. The Labute approximate surface area is 233 Å². The summed E-state index contributed by atoms with van der Waals surface area (Å²) in [6.07, 6.45) is 11.4. The number of allylic oxidation sites excluding steroid dienone is 5. The van der Waals surface area contributed by atoms with E-state index in [1.54, 1.807) is 11.9 Å². The van der Waals surface area contributed by atoms with Gasteiger partial charge in [0.1, 0.15) is 0 Å². The highest BCUT2D eigenvalue weighted by molar-refractivity contribution is 7.97. The average molecular weight is 547 g/mol. The number of carbonyl (C=O) groups is 2. The van der Waals surface area contributed by atoms with Crippen molar-refractivity contribution >= 4 is 45.8 Å². The molecule has 8 heteroatoms. The molecular formula is C30H34N4O2S2. The third-order valence-corrected chi connectivity index (χ3v) is 7.75. The van der Waals surface area contributed by atoms with Gasteiger partial charge >= 0.3 is 0 Å². The third-order valence-electron chi connectivity index (χ3n) is 6.28. The van der Waals surface area contributed by atoms with Gasteiger partial charge in [-0.3, -0.25) is 13.6 Å². The van der Waals surface area contributed by atoms with Crippen molar-refractivity contribution in [3.05, 3.63) is 88.6 Å². The molecule has 0 radical (unpaired) electrons. The number of aromatic nitrogens is 2. The standard InChI is InChI=1S/C30H34N4O2S2/c1-6-20(4)13-24(12-19(2)3)22-8-7-9-23(14-22)26-18-38-30(32-26)33-28(35)16-31-29(36)25-15-27(21-10-11-21)34(17-25)37-5/h7-9,12-15,17-18,21H,2,6,10-11,16H2,1,3-5H3,(H,31,36)(H,32,33,35)/b20-13-,24-12+. The van der Waals surface area contributed by atoms with E-state index in [9.17, 15) is 9.59 Å². The van der Waals surface area contributed by atoms with Crippen LogP contribution >= 0.6 is 23.3 Å². The molecule has 3 aromatic rings. The molecule has 2 aromatic heterocycles. The smallest absolute Gasteiger partial charge is 0.253 e. The zero-order valence-corrected chi connectivity index (χ0v) is 24.0. The van der Waals surface area contributed by atoms with Gasteiger partial charge in [0, 0.05) is 35.0 Å². The van der Waals surface area contributed by atoms with Crippen LogP contribution < -0.4 is 10.6 Å². The molecule has 1 aromatic carbocycles. The van der Waals surface area contributed by atoms with E-state index in [1.165, 1.54) is 22.6 Å². The number of thiazole rings is 1. The van der Waals surface area contributed by atoms with E-state index in [0.717, 1.165) is 47.2 Å². The summed E-state index contributed by atoms with van der Waals surface area (Å²) in [4.78, 5) is 29.8. The Hall–Kier alpha value is -3.36. The van der Waals surface area contributed by atoms with Crippen molar-refractivity contribution in [1.29, 1.82) is 0 Å². The van der Waals surface area contributed by atoms with E-state index < -0.39 is 0 Å². The van der Waals surface area contributed by atoms with E-state index >= 15 is 0 Å². The van der Waals surface area contributed by atoms with E-state index in [0.29, 0.717) is 16.6 Å². The van der Waals surface area contributed by atoms with Crippen molar-refractivity contribution in [1.82, 2.24) is 14.3 Å². The van der Waals surface area contributed by atoms with Gasteiger partial charge in [-0.15, -0.1) is 11.3 Å². The van der Waals surface area contributed by atoms with Crippen LogP contribution in [0, 0.1) is 0 Å². The lowest BCUT2D eigenvalue weighted by molar-refractivity contribution is -0.115. The van der Waals surface area contributed by atoms with Crippen molar-refractivity contribution in [2.75, 3.05) is 18.1 Å². The van der Waals surface area contributed by atoms with E-state index in [-0.39, 0.29) is 18.4 Å². The van der Waals surface area contributed by atoms with E-state index in [1.807, 2.05) is 46.9 Å². The lowest BCUT2D eigenvalue weighted by Gasteiger charge is -2.08. The second kappa shape index (κ2) is 12.5. The summed E-state index contributed by atoms with van der Waals surface area (Å²) in [6.45, 7) is 10.2. The van der Waals surface area contributed by atoms with E-state index in [4.69, 9.17) is 0 Å². The quantitative estimate of drug-likeness (QED) is 0.248. The molecule has 2 N–H and O–H groups in total. The van der Waals surface area contributed by atoms with Crippen molar-refractivity contribution < 1.29 is 9.59 Å². The Bertz CT molecular complexity index is 1410. The van der Waals surface area contributed by atoms with Crippen LogP contribution in [0.2, 0.25) is 0 Å². The zero-order valence-electron chi connectivity index (χ0n) is 22.3. The van der Waals surface area contributed by atoms with Crippen LogP contribution in [0.3, 0.4) is 0 Å². The number of hydrogen-bond donors (Lipinski definition) is 2. The van der Waals surface area contributed by atoms with Crippen molar-refractivity contribution in [2.24, 2.45) is 0 Å². The van der Waals surface area contributed by atoms with Crippen LogP contribution in [0.25, 0.3) is 16.8 Å². The first-order chi connectivity index (χ1) is 18.3. The number of nitrogens with zero attached hydrogens (tertiary/aromatic N) is 2. The molecule has 0 spiro atoms. The van der Waals surface area contributed by atoms with Gasteiger partial charge in [-0.1, -0.05) is 55.0 Å². The van der Waals surface area contributed by atoms with Crippen LogP contribution in [-0.4, -0.2) is 33.6 Å². The lowest BCUT2D eigenvalue weighted by Crippen LogP contribution is -2.32. The fourth-order valence-corrected chi connectivity index (χ4v) is 5.38. The monoisotopic (exact) mass is 546 g/mol. The predicted molar refractivity (Wildman–Crippen MR) is 161 cm³/mol. The number of benzene rings is 1. The molecule has 1 aliphatic carbocycles. The van der Waals surface area contributed by atoms with Crippen LogP contribution in [0.1, 0.15) is 67.6 Å². The molecule has 1 fully saturated rings. The number of rotatable bonds is 11. The number of amides is 2. The van der Waals surface area contributed by atoms with Crippen molar-refractivity contribution in [3.63, 3.8) is 0 Å². The maximum atomic E-state index is 12.6. The van der Waals surface area contributed by atoms with Crippen LogP contribution in [0.15, 0.2) is 71.8 Å². The average Bonchev–Trinajstić information content (AvgIpc) is 3.48. The van der Waals surface area contributed by atoms with Crippen LogP contribution in [0.4, 0.5) is 5.13 Å². The number of hydrogen-bond acceptors (Lipinski definition) is 5. The Balaban J connectivity index is 1.39. The second-order valence-electron chi connectivity index (χ2n) is 9.58. The fraction of sp³-hybridized carbons (Fsp3) is 0.300. The molecule has 0 unspecified atom stereocenters. The molecule has 2 heterocycles. The lowest BCUT2D eigenvalue weighted by atomic mass is 9.98.